The molecule has 0 atom stereocenters. The summed E-state index contributed by atoms with van der Waals surface area (Å²) < 4.78 is 2.28. The quantitative estimate of drug-likeness (QED) is 0.496. The lowest BCUT2D eigenvalue weighted by Gasteiger charge is -2.15. The van der Waals surface area contributed by atoms with Crippen molar-refractivity contribution in [1.29, 1.82) is 0 Å². The van der Waals surface area contributed by atoms with E-state index in [2.05, 4.69) is 94.9 Å². The van der Waals surface area contributed by atoms with E-state index in [0.29, 0.717) is 11.8 Å². The van der Waals surface area contributed by atoms with Gasteiger partial charge in [-0.3, -0.25) is 0 Å². The maximum atomic E-state index is 2.45. The molecule has 0 fully saturated rings. The fourth-order valence-electron chi connectivity index (χ4n) is 3.99. The van der Waals surface area contributed by atoms with E-state index in [9.17, 15) is 0 Å². The van der Waals surface area contributed by atoms with Crippen molar-refractivity contribution in [2.24, 2.45) is 18.9 Å². The molecular formula is C25H32N+. The highest BCUT2D eigenvalue weighted by Gasteiger charge is 2.19. The predicted molar refractivity (Wildman–Crippen MR) is 112 cm³/mol. The second kappa shape index (κ2) is 7.61. The fraction of sp³-hybridized carbons (Fsp3) is 0.400. The molecule has 1 nitrogen and oxygen atoms in total. The van der Waals surface area contributed by atoms with Crippen molar-refractivity contribution in [1.82, 2.24) is 0 Å². The first-order chi connectivity index (χ1) is 12.4. The molecule has 3 rings (SSSR count). The zero-order valence-corrected chi connectivity index (χ0v) is 17.1. The van der Waals surface area contributed by atoms with E-state index in [1.165, 1.54) is 38.7 Å². The Balaban J connectivity index is 2.34. The van der Waals surface area contributed by atoms with Gasteiger partial charge in [-0.15, -0.1) is 0 Å². The Morgan fingerprint density at radius 1 is 0.846 bits per heavy atom. The van der Waals surface area contributed by atoms with Crippen LogP contribution in [0.1, 0.15) is 44.4 Å². The van der Waals surface area contributed by atoms with E-state index >= 15 is 0 Å². The van der Waals surface area contributed by atoms with Gasteiger partial charge >= 0.3 is 0 Å². The van der Waals surface area contributed by atoms with Crippen LogP contribution in [0, 0.1) is 18.8 Å². The Kier molecular flexibility index (Phi) is 5.46. The van der Waals surface area contributed by atoms with Gasteiger partial charge in [-0.2, -0.15) is 0 Å². The van der Waals surface area contributed by atoms with E-state index in [0.717, 1.165) is 12.8 Å². The zero-order valence-electron chi connectivity index (χ0n) is 17.1. The number of aromatic nitrogens is 1. The molecule has 0 bridgehead atoms. The second-order valence-corrected chi connectivity index (χ2v) is 8.50. The molecule has 0 saturated carbocycles. The number of pyridine rings is 1. The molecule has 136 valence electrons. The summed E-state index contributed by atoms with van der Waals surface area (Å²) in [5.74, 6) is 1.32. The van der Waals surface area contributed by atoms with Crippen molar-refractivity contribution < 1.29 is 4.57 Å². The maximum absolute atomic E-state index is 2.45. The highest BCUT2D eigenvalue weighted by molar-refractivity contribution is 5.96. The van der Waals surface area contributed by atoms with Crippen LogP contribution in [-0.4, -0.2) is 0 Å². The van der Waals surface area contributed by atoms with Crippen LogP contribution in [0.3, 0.4) is 0 Å². The summed E-state index contributed by atoms with van der Waals surface area (Å²) in [5.41, 5.74) is 6.94. The molecule has 1 aromatic heterocycles. The predicted octanol–water partition coefficient (Wildman–Crippen LogP) is 6.04. The normalized spacial score (nSPS) is 11.7. The fourth-order valence-corrected chi connectivity index (χ4v) is 3.99. The highest BCUT2D eigenvalue weighted by Crippen LogP contribution is 2.32. The summed E-state index contributed by atoms with van der Waals surface area (Å²) in [6.07, 6.45) is 4.48. The summed E-state index contributed by atoms with van der Waals surface area (Å²) in [6.45, 7) is 11.4. The van der Waals surface area contributed by atoms with Crippen LogP contribution in [0.5, 0.6) is 0 Å². The lowest BCUT2D eigenvalue weighted by atomic mass is 9.90. The molecule has 0 aliphatic rings. The van der Waals surface area contributed by atoms with Crippen molar-refractivity contribution in [2.75, 3.05) is 0 Å². The number of hydrogen-bond donors (Lipinski definition) is 0. The van der Waals surface area contributed by atoms with Gasteiger partial charge in [0, 0.05) is 11.6 Å². The lowest BCUT2D eigenvalue weighted by Crippen LogP contribution is -2.31. The van der Waals surface area contributed by atoms with Crippen LogP contribution in [0.4, 0.5) is 0 Å². The first-order valence-corrected chi connectivity index (χ1v) is 9.87. The summed E-state index contributed by atoms with van der Waals surface area (Å²) in [4.78, 5) is 0. The molecule has 0 unspecified atom stereocenters. The second-order valence-electron chi connectivity index (χ2n) is 8.50. The number of nitrogens with zero attached hydrogens (tertiary/aromatic N) is 1. The summed E-state index contributed by atoms with van der Waals surface area (Å²) in [6, 6.07) is 15.9. The van der Waals surface area contributed by atoms with Crippen LogP contribution >= 0.6 is 0 Å². The summed E-state index contributed by atoms with van der Waals surface area (Å²) in [7, 11) is 2.17. The van der Waals surface area contributed by atoms with Crippen molar-refractivity contribution in [3.8, 4) is 11.3 Å². The third-order valence-electron chi connectivity index (χ3n) is 5.07. The number of hydrogen-bond acceptors (Lipinski definition) is 0. The van der Waals surface area contributed by atoms with Crippen LogP contribution in [-0.2, 0) is 19.9 Å². The molecule has 0 N–H and O–H groups in total. The van der Waals surface area contributed by atoms with Gasteiger partial charge in [0.1, 0.15) is 7.05 Å². The molecule has 0 saturated heterocycles. The smallest absolute Gasteiger partial charge is 0.200 e. The zero-order chi connectivity index (χ0) is 18.8. The molecule has 0 amide bonds. The highest BCUT2D eigenvalue weighted by atomic mass is 14.9. The van der Waals surface area contributed by atoms with Gasteiger partial charge in [-0.25, -0.2) is 4.57 Å². The van der Waals surface area contributed by atoms with Crippen molar-refractivity contribution in [3.05, 3.63) is 65.4 Å². The molecule has 0 radical (unpaired) electrons. The van der Waals surface area contributed by atoms with Crippen molar-refractivity contribution >= 4 is 10.8 Å². The largest absolute Gasteiger partial charge is 0.220 e. The maximum Gasteiger partial charge on any atom is 0.220 e. The Hall–Kier alpha value is -2.15. The molecule has 3 aromatic rings. The van der Waals surface area contributed by atoms with Gasteiger partial charge < -0.3 is 0 Å². The average Bonchev–Trinajstić information content (AvgIpc) is 2.54. The monoisotopic (exact) mass is 346 g/mol. The van der Waals surface area contributed by atoms with Crippen LogP contribution < -0.4 is 4.57 Å². The standard InChI is InChI=1S/C25H32N/c1-17(2)13-20-15-21(14-18(3)4)23-11-12-26(6)25(24(23)16-20)22-10-8-7-9-19(22)5/h7-12,15-18H,13-14H2,1-6H3/q+1. The van der Waals surface area contributed by atoms with E-state index in [1.54, 1.807) is 0 Å². The number of benzene rings is 2. The van der Waals surface area contributed by atoms with Gasteiger partial charge in [0.25, 0.3) is 0 Å². The Morgan fingerprint density at radius 2 is 1.54 bits per heavy atom. The van der Waals surface area contributed by atoms with Crippen molar-refractivity contribution in [2.45, 2.75) is 47.5 Å². The van der Waals surface area contributed by atoms with Crippen LogP contribution in [0.2, 0.25) is 0 Å². The van der Waals surface area contributed by atoms with Crippen LogP contribution in [0.15, 0.2) is 48.7 Å². The topological polar surface area (TPSA) is 3.88 Å². The summed E-state index contributed by atoms with van der Waals surface area (Å²) in [5, 5.41) is 2.79. The molecular weight excluding hydrogens is 314 g/mol. The van der Waals surface area contributed by atoms with Gasteiger partial charge in [-0.1, -0.05) is 52.0 Å². The molecule has 1 heterocycles. The van der Waals surface area contributed by atoms with E-state index in [1.807, 2.05) is 0 Å². The number of rotatable bonds is 5. The Labute approximate surface area is 158 Å². The Bertz CT molecular complexity index is 919. The SMILES string of the molecule is Cc1ccccc1-c1c2cc(CC(C)C)cc(CC(C)C)c2cc[n+]1C. The average molecular weight is 347 g/mol. The van der Waals surface area contributed by atoms with Gasteiger partial charge in [0.15, 0.2) is 6.20 Å². The Morgan fingerprint density at radius 3 is 2.19 bits per heavy atom. The lowest BCUT2D eigenvalue weighted by molar-refractivity contribution is -0.659. The van der Waals surface area contributed by atoms with Gasteiger partial charge in [-0.05, 0) is 65.8 Å². The first kappa shape index (κ1) is 18.6. The van der Waals surface area contributed by atoms with Gasteiger partial charge in [0.2, 0.25) is 5.69 Å². The minimum atomic E-state index is 0.656. The summed E-state index contributed by atoms with van der Waals surface area (Å²) >= 11 is 0. The van der Waals surface area contributed by atoms with Gasteiger partial charge in [0.05, 0.1) is 5.39 Å². The molecule has 26 heavy (non-hydrogen) atoms. The van der Waals surface area contributed by atoms with E-state index < -0.39 is 0 Å². The molecule has 2 aromatic carbocycles. The van der Waals surface area contributed by atoms with Crippen molar-refractivity contribution in [3.63, 3.8) is 0 Å². The minimum Gasteiger partial charge on any atom is -0.200 e. The first-order valence-electron chi connectivity index (χ1n) is 9.87. The third kappa shape index (κ3) is 3.82. The molecule has 0 spiro atoms. The van der Waals surface area contributed by atoms with Crippen LogP contribution in [0.25, 0.3) is 22.0 Å². The minimum absolute atomic E-state index is 0.656. The van der Waals surface area contributed by atoms with E-state index in [4.69, 9.17) is 0 Å². The number of aryl methyl sites for hydroxylation is 2. The number of fused-ring (bicyclic) bond motifs is 1. The molecule has 0 aliphatic heterocycles. The molecule has 1 heteroatoms. The molecule has 0 aliphatic carbocycles. The third-order valence-corrected chi connectivity index (χ3v) is 5.07. The van der Waals surface area contributed by atoms with E-state index in [-0.39, 0.29) is 0 Å².